The van der Waals surface area contributed by atoms with Crippen LogP contribution < -0.4 is 5.32 Å². The Morgan fingerprint density at radius 2 is 1.18 bits per heavy atom. The first-order valence-electron chi connectivity index (χ1n) is 15.3. The number of aliphatic hydroxyl groups excluding tert-OH is 2. The fraction of sp³-hybridized carbons (Fsp3) is 0.774. The quantitative estimate of drug-likeness (QED) is 0.0514. The number of rotatable bonds is 26. The lowest BCUT2D eigenvalue weighted by atomic mass is 10.1. The first kappa shape index (κ1) is 37.5. The van der Waals surface area contributed by atoms with E-state index in [9.17, 15) is 28.0 Å². The van der Waals surface area contributed by atoms with Crippen molar-refractivity contribution in [2.24, 2.45) is 0 Å². The van der Waals surface area contributed by atoms with Crippen LogP contribution in [-0.2, 0) is 14.9 Å². The Bertz CT molecular complexity index is 778. The Morgan fingerprint density at radius 3 is 1.77 bits per heavy atom. The molecule has 8 heteroatoms. The first-order chi connectivity index (χ1) is 18.7. The van der Waals surface area contributed by atoms with Crippen LogP contribution in [0.5, 0.6) is 0 Å². The van der Waals surface area contributed by atoms with E-state index in [0.717, 1.165) is 38.5 Å². The molecular formula is C31H57NO6S. The fourth-order valence-electron chi connectivity index (χ4n) is 4.21. The van der Waals surface area contributed by atoms with Gasteiger partial charge in [-0.05, 0) is 51.4 Å². The van der Waals surface area contributed by atoms with Crippen molar-refractivity contribution in [3.63, 3.8) is 0 Å². The van der Waals surface area contributed by atoms with Crippen LogP contribution in [0.2, 0.25) is 0 Å². The Hall–Kier alpha value is -1.48. The van der Waals surface area contributed by atoms with Crippen molar-refractivity contribution in [2.45, 2.75) is 148 Å². The van der Waals surface area contributed by atoms with Crippen molar-refractivity contribution < 1.29 is 28.0 Å². The molecule has 0 saturated carbocycles. The first-order valence-corrected chi connectivity index (χ1v) is 16.9. The molecule has 1 amide bonds. The van der Waals surface area contributed by atoms with E-state index in [0.29, 0.717) is 12.8 Å². The van der Waals surface area contributed by atoms with Gasteiger partial charge in [-0.2, -0.15) is 8.42 Å². The summed E-state index contributed by atoms with van der Waals surface area (Å²) in [6, 6.07) is -1.25. The van der Waals surface area contributed by atoms with Crippen molar-refractivity contribution in [1.29, 1.82) is 0 Å². The third kappa shape index (κ3) is 25.2. The van der Waals surface area contributed by atoms with Gasteiger partial charge in [0.25, 0.3) is 10.1 Å². The van der Waals surface area contributed by atoms with Crippen LogP contribution in [0.3, 0.4) is 0 Å². The second kappa shape index (κ2) is 25.5. The zero-order valence-electron chi connectivity index (χ0n) is 24.6. The Labute approximate surface area is 239 Å². The van der Waals surface area contributed by atoms with Gasteiger partial charge < -0.3 is 15.5 Å². The predicted octanol–water partition coefficient (Wildman–Crippen LogP) is 6.81. The van der Waals surface area contributed by atoms with Crippen LogP contribution in [0, 0.1) is 0 Å². The number of nitrogens with one attached hydrogen (secondary N) is 1. The number of carbonyl (C=O) groups is 1. The molecule has 3 atom stereocenters. The standard InChI is InChI=1S/C31H57NO6S/c1-3-5-7-9-11-13-14-15-16-18-19-21-23-25-29(33)28(27-39(36,37)38)32-31(35)30(34)26-24-22-20-17-12-10-8-6-4-2/h10,12,16,18,23,25,28-30,33-34H,3-9,11,13-15,17,19-22,24,26-27H2,1-2H3,(H,32,35)(H,36,37,38)/b12-10-,18-16+,25-23+. The summed E-state index contributed by atoms with van der Waals surface area (Å²) in [7, 11) is -4.44. The minimum Gasteiger partial charge on any atom is -0.387 e. The third-order valence-corrected chi connectivity index (χ3v) is 7.43. The average Bonchev–Trinajstić information content (AvgIpc) is 2.88. The molecule has 0 heterocycles. The SMILES string of the molecule is CCCC/C=C\CCCCCC(O)C(=O)NC(CS(=O)(=O)O)C(O)/C=C/CC/C=C/CCCCCCCCC. The monoisotopic (exact) mass is 571 g/mol. The van der Waals surface area contributed by atoms with E-state index < -0.39 is 40.0 Å². The van der Waals surface area contributed by atoms with Crippen molar-refractivity contribution >= 4 is 16.0 Å². The van der Waals surface area contributed by atoms with E-state index >= 15 is 0 Å². The summed E-state index contributed by atoms with van der Waals surface area (Å²) in [5, 5.41) is 23.0. The molecule has 0 aliphatic heterocycles. The second-order valence-corrected chi connectivity index (χ2v) is 12.0. The van der Waals surface area contributed by atoms with Gasteiger partial charge in [0.1, 0.15) is 6.10 Å². The number of hydrogen-bond donors (Lipinski definition) is 4. The van der Waals surface area contributed by atoms with Gasteiger partial charge in [0, 0.05) is 0 Å². The topological polar surface area (TPSA) is 124 Å². The summed E-state index contributed by atoms with van der Waals surface area (Å²) in [6.45, 7) is 4.39. The van der Waals surface area contributed by atoms with Gasteiger partial charge in [0.2, 0.25) is 5.91 Å². The molecule has 0 aliphatic carbocycles. The van der Waals surface area contributed by atoms with E-state index in [2.05, 4.69) is 43.5 Å². The van der Waals surface area contributed by atoms with E-state index in [1.165, 1.54) is 63.9 Å². The van der Waals surface area contributed by atoms with Gasteiger partial charge in [0.05, 0.1) is 17.9 Å². The molecule has 0 radical (unpaired) electrons. The molecule has 3 unspecified atom stereocenters. The maximum atomic E-state index is 12.4. The molecule has 0 fully saturated rings. The maximum Gasteiger partial charge on any atom is 0.267 e. The van der Waals surface area contributed by atoms with Gasteiger partial charge in [-0.15, -0.1) is 0 Å². The highest BCUT2D eigenvalue weighted by Gasteiger charge is 2.27. The molecule has 0 aliphatic rings. The lowest BCUT2D eigenvalue weighted by Gasteiger charge is -2.22. The zero-order chi connectivity index (χ0) is 29.2. The molecule has 0 rings (SSSR count). The second-order valence-electron chi connectivity index (χ2n) is 10.5. The number of unbranched alkanes of at least 4 members (excludes halogenated alkanes) is 13. The minimum absolute atomic E-state index is 0.251. The van der Waals surface area contributed by atoms with E-state index in [4.69, 9.17) is 0 Å². The number of carbonyl (C=O) groups excluding carboxylic acids is 1. The van der Waals surface area contributed by atoms with Crippen LogP contribution in [0.15, 0.2) is 36.5 Å². The van der Waals surface area contributed by atoms with Crippen molar-refractivity contribution in [3.05, 3.63) is 36.5 Å². The van der Waals surface area contributed by atoms with Crippen LogP contribution in [0.4, 0.5) is 0 Å². The lowest BCUT2D eigenvalue weighted by molar-refractivity contribution is -0.130. The summed E-state index contributed by atoms with van der Waals surface area (Å²) in [6.07, 6.45) is 27.9. The molecule has 0 aromatic heterocycles. The highest BCUT2D eigenvalue weighted by atomic mass is 32.2. The molecule has 7 nitrogen and oxygen atoms in total. The summed E-state index contributed by atoms with van der Waals surface area (Å²) < 4.78 is 32.1. The summed E-state index contributed by atoms with van der Waals surface area (Å²) in [5.74, 6) is -1.58. The van der Waals surface area contributed by atoms with Crippen LogP contribution in [0.1, 0.15) is 129 Å². The number of aliphatic hydroxyl groups is 2. The highest BCUT2D eigenvalue weighted by Crippen LogP contribution is 2.10. The van der Waals surface area contributed by atoms with Gasteiger partial charge in [0.15, 0.2) is 0 Å². The Kier molecular flexibility index (Phi) is 24.5. The Balaban J connectivity index is 4.36. The minimum atomic E-state index is -4.44. The summed E-state index contributed by atoms with van der Waals surface area (Å²) in [4.78, 5) is 12.4. The average molecular weight is 572 g/mol. The molecule has 0 spiro atoms. The van der Waals surface area contributed by atoms with Gasteiger partial charge in [-0.1, -0.05) is 115 Å². The molecule has 0 aromatic rings. The van der Waals surface area contributed by atoms with Gasteiger partial charge >= 0.3 is 0 Å². The van der Waals surface area contributed by atoms with Crippen LogP contribution in [-0.4, -0.2) is 53.1 Å². The molecule has 4 N–H and O–H groups in total. The highest BCUT2D eigenvalue weighted by molar-refractivity contribution is 7.85. The van der Waals surface area contributed by atoms with Crippen molar-refractivity contribution in [1.82, 2.24) is 5.32 Å². The largest absolute Gasteiger partial charge is 0.387 e. The fourth-order valence-corrected chi connectivity index (χ4v) is 4.95. The summed E-state index contributed by atoms with van der Waals surface area (Å²) >= 11 is 0. The van der Waals surface area contributed by atoms with Crippen LogP contribution in [0.25, 0.3) is 0 Å². The predicted molar refractivity (Wildman–Crippen MR) is 162 cm³/mol. The van der Waals surface area contributed by atoms with Gasteiger partial charge in [-0.3, -0.25) is 9.35 Å². The maximum absolute atomic E-state index is 12.4. The summed E-state index contributed by atoms with van der Waals surface area (Å²) in [5.41, 5.74) is 0. The van der Waals surface area contributed by atoms with Crippen LogP contribution >= 0.6 is 0 Å². The molecule has 228 valence electrons. The Morgan fingerprint density at radius 1 is 0.692 bits per heavy atom. The van der Waals surface area contributed by atoms with Crippen molar-refractivity contribution in [2.75, 3.05) is 5.75 Å². The smallest absolute Gasteiger partial charge is 0.267 e. The number of hydrogen-bond acceptors (Lipinski definition) is 5. The molecule has 0 saturated heterocycles. The normalized spacial score (nSPS) is 14.9. The number of amides is 1. The molecule has 0 bridgehead atoms. The zero-order valence-corrected chi connectivity index (χ0v) is 25.4. The molecule has 39 heavy (non-hydrogen) atoms. The van der Waals surface area contributed by atoms with Crippen molar-refractivity contribution in [3.8, 4) is 0 Å². The lowest BCUT2D eigenvalue weighted by Crippen LogP contribution is -2.50. The van der Waals surface area contributed by atoms with E-state index in [1.54, 1.807) is 6.08 Å². The van der Waals surface area contributed by atoms with Gasteiger partial charge in [-0.25, -0.2) is 0 Å². The number of allylic oxidation sites excluding steroid dienone is 5. The van der Waals surface area contributed by atoms with E-state index in [-0.39, 0.29) is 6.42 Å². The molecule has 0 aromatic carbocycles. The van der Waals surface area contributed by atoms with E-state index in [1.807, 2.05) is 0 Å². The third-order valence-electron chi connectivity index (χ3n) is 6.65. The molecular weight excluding hydrogens is 514 g/mol.